The van der Waals surface area contributed by atoms with Gasteiger partial charge in [0.15, 0.2) is 0 Å². The normalized spacial score (nSPS) is 11.0. The number of rotatable bonds is 3. The minimum Gasteiger partial charge on any atom is -0.207 e. The third kappa shape index (κ3) is 2.78. The van der Waals surface area contributed by atoms with Gasteiger partial charge in [-0.3, -0.25) is 0 Å². The van der Waals surface area contributed by atoms with Gasteiger partial charge in [0.25, 0.3) is 0 Å². The van der Waals surface area contributed by atoms with Crippen LogP contribution in [-0.2, 0) is 10.0 Å². The monoisotopic (exact) mass is 227 g/mol. The van der Waals surface area contributed by atoms with Crippen LogP contribution in [0.25, 0.3) is 0 Å². The van der Waals surface area contributed by atoms with Gasteiger partial charge in [-0.05, 0) is 30.7 Å². The van der Waals surface area contributed by atoms with Crippen LogP contribution >= 0.6 is 0 Å². The molecule has 0 amide bonds. The lowest BCUT2D eigenvalue weighted by atomic mass is 10.2. The van der Waals surface area contributed by atoms with Gasteiger partial charge in [-0.15, -0.1) is 6.42 Å². The number of nitrogens with one attached hydrogen (secondary N) is 1. The number of aryl methyl sites for hydroxylation is 1. The van der Waals surface area contributed by atoms with Gasteiger partial charge in [0, 0.05) is 0 Å². The third-order valence-electron chi connectivity index (χ3n) is 1.79. The molecule has 0 saturated carbocycles. The Morgan fingerprint density at radius 1 is 1.53 bits per heavy atom. The zero-order valence-corrected chi connectivity index (χ0v) is 8.94. The van der Waals surface area contributed by atoms with Gasteiger partial charge in [-0.2, -0.15) is 4.72 Å². The molecule has 0 unspecified atom stereocenters. The minimum atomic E-state index is -3.63. The van der Waals surface area contributed by atoms with Crippen molar-refractivity contribution < 1.29 is 12.8 Å². The molecule has 0 aromatic heterocycles. The van der Waals surface area contributed by atoms with E-state index >= 15 is 0 Å². The highest BCUT2D eigenvalue weighted by Gasteiger charge is 2.15. The Bertz CT molecular complexity index is 503. The quantitative estimate of drug-likeness (QED) is 0.784. The summed E-state index contributed by atoms with van der Waals surface area (Å²) in [6, 6.07) is 3.46. The van der Waals surface area contributed by atoms with Crippen molar-refractivity contribution in [1.82, 2.24) is 4.72 Å². The molecule has 0 saturated heterocycles. The van der Waals surface area contributed by atoms with Crippen LogP contribution in [0.4, 0.5) is 4.39 Å². The van der Waals surface area contributed by atoms with E-state index in [1.807, 2.05) is 0 Å². The molecule has 0 radical (unpaired) electrons. The van der Waals surface area contributed by atoms with Gasteiger partial charge in [0.05, 0.1) is 11.4 Å². The molecule has 0 aliphatic carbocycles. The van der Waals surface area contributed by atoms with E-state index in [1.54, 1.807) is 0 Å². The topological polar surface area (TPSA) is 46.2 Å². The number of hydrogen-bond acceptors (Lipinski definition) is 2. The SMILES string of the molecule is C#CCNS(=O)(=O)c1ccc(F)cc1C. The highest BCUT2D eigenvalue weighted by molar-refractivity contribution is 7.89. The van der Waals surface area contributed by atoms with E-state index in [-0.39, 0.29) is 11.4 Å². The van der Waals surface area contributed by atoms with Crippen LogP contribution in [0, 0.1) is 25.1 Å². The first kappa shape index (κ1) is 11.7. The van der Waals surface area contributed by atoms with Gasteiger partial charge in [-0.25, -0.2) is 12.8 Å². The van der Waals surface area contributed by atoms with Crippen LogP contribution in [0.5, 0.6) is 0 Å². The number of benzene rings is 1. The maximum absolute atomic E-state index is 12.7. The molecule has 0 aliphatic rings. The summed E-state index contributed by atoms with van der Waals surface area (Å²) in [7, 11) is -3.63. The zero-order chi connectivity index (χ0) is 11.5. The first-order valence-corrected chi connectivity index (χ1v) is 5.65. The van der Waals surface area contributed by atoms with E-state index < -0.39 is 15.8 Å². The average Bonchev–Trinajstić information content (AvgIpc) is 2.14. The number of halogens is 1. The predicted molar refractivity (Wildman–Crippen MR) is 55.2 cm³/mol. The molecule has 15 heavy (non-hydrogen) atoms. The second kappa shape index (κ2) is 4.43. The van der Waals surface area contributed by atoms with E-state index in [1.165, 1.54) is 13.0 Å². The van der Waals surface area contributed by atoms with E-state index in [0.717, 1.165) is 12.1 Å². The van der Waals surface area contributed by atoms with E-state index in [9.17, 15) is 12.8 Å². The Kier molecular flexibility index (Phi) is 3.45. The summed E-state index contributed by atoms with van der Waals surface area (Å²) in [5, 5.41) is 0. The molecule has 0 bridgehead atoms. The minimum absolute atomic E-state index is 0.0409. The second-order valence-electron chi connectivity index (χ2n) is 2.94. The molecule has 3 nitrogen and oxygen atoms in total. The fraction of sp³-hybridized carbons (Fsp3) is 0.200. The van der Waals surface area contributed by atoms with Crippen molar-refractivity contribution in [3.63, 3.8) is 0 Å². The second-order valence-corrected chi connectivity index (χ2v) is 4.67. The van der Waals surface area contributed by atoms with Crippen LogP contribution in [0.3, 0.4) is 0 Å². The van der Waals surface area contributed by atoms with Crippen molar-refractivity contribution in [3.05, 3.63) is 29.6 Å². The molecule has 0 atom stereocenters. The summed E-state index contributed by atoms with van der Waals surface area (Å²) in [5.74, 6) is 1.69. The lowest BCUT2D eigenvalue weighted by Gasteiger charge is -2.06. The van der Waals surface area contributed by atoms with Crippen molar-refractivity contribution in [2.75, 3.05) is 6.54 Å². The summed E-state index contributed by atoms with van der Waals surface area (Å²) in [6.07, 6.45) is 4.94. The van der Waals surface area contributed by atoms with Crippen molar-refractivity contribution in [3.8, 4) is 12.3 Å². The lowest BCUT2D eigenvalue weighted by molar-refractivity contribution is 0.584. The smallest absolute Gasteiger partial charge is 0.207 e. The zero-order valence-electron chi connectivity index (χ0n) is 8.12. The molecule has 0 aliphatic heterocycles. The molecule has 0 heterocycles. The first-order valence-electron chi connectivity index (χ1n) is 4.16. The van der Waals surface area contributed by atoms with Crippen LogP contribution in [0.1, 0.15) is 5.56 Å². The summed E-state index contributed by atoms with van der Waals surface area (Å²) in [4.78, 5) is 0.0409. The Hall–Kier alpha value is -1.38. The number of sulfonamides is 1. The van der Waals surface area contributed by atoms with Crippen molar-refractivity contribution in [2.24, 2.45) is 0 Å². The molecule has 0 spiro atoms. The average molecular weight is 227 g/mol. The Morgan fingerprint density at radius 3 is 2.73 bits per heavy atom. The van der Waals surface area contributed by atoms with Crippen LogP contribution in [-0.4, -0.2) is 15.0 Å². The third-order valence-corrected chi connectivity index (χ3v) is 3.35. The molecule has 1 aromatic carbocycles. The molecular weight excluding hydrogens is 217 g/mol. The highest BCUT2D eigenvalue weighted by Crippen LogP contribution is 2.15. The summed E-state index contributed by atoms with van der Waals surface area (Å²) in [6.45, 7) is 1.44. The van der Waals surface area contributed by atoms with Crippen LogP contribution in [0.15, 0.2) is 23.1 Å². The Morgan fingerprint density at radius 2 is 2.20 bits per heavy atom. The molecule has 1 N–H and O–H groups in total. The molecular formula is C10H10FNO2S. The fourth-order valence-electron chi connectivity index (χ4n) is 1.13. The van der Waals surface area contributed by atoms with E-state index in [2.05, 4.69) is 10.6 Å². The molecule has 80 valence electrons. The Balaban J connectivity index is 3.12. The highest BCUT2D eigenvalue weighted by atomic mass is 32.2. The first-order chi connectivity index (χ1) is 6.97. The van der Waals surface area contributed by atoms with Gasteiger partial charge in [0.1, 0.15) is 5.82 Å². The molecule has 0 fully saturated rings. The maximum atomic E-state index is 12.7. The van der Waals surface area contributed by atoms with Gasteiger partial charge >= 0.3 is 0 Å². The van der Waals surface area contributed by atoms with E-state index in [4.69, 9.17) is 6.42 Å². The molecule has 1 aromatic rings. The number of hydrogen-bond donors (Lipinski definition) is 1. The van der Waals surface area contributed by atoms with Crippen molar-refractivity contribution in [1.29, 1.82) is 0 Å². The largest absolute Gasteiger partial charge is 0.241 e. The summed E-state index contributed by atoms with van der Waals surface area (Å²) in [5.41, 5.74) is 0.347. The summed E-state index contributed by atoms with van der Waals surface area (Å²) >= 11 is 0. The number of terminal acetylenes is 1. The molecule has 5 heteroatoms. The lowest BCUT2D eigenvalue weighted by Crippen LogP contribution is -2.24. The van der Waals surface area contributed by atoms with Crippen molar-refractivity contribution in [2.45, 2.75) is 11.8 Å². The van der Waals surface area contributed by atoms with Crippen LogP contribution in [0.2, 0.25) is 0 Å². The summed E-state index contributed by atoms with van der Waals surface area (Å²) < 4.78 is 38.1. The van der Waals surface area contributed by atoms with Crippen LogP contribution < -0.4 is 4.72 Å². The maximum Gasteiger partial charge on any atom is 0.241 e. The van der Waals surface area contributed by atoms with Crippen molar-refractivity contribution >= 4 is 10.0 Å². The van der Waals surface area contributed by atoms with Gasteiger partial charge in [0.2, 0.25) is 10.0 Å². The molecule has 1 rings (SSSR count). The van der Waals surface area contributed by atoms with Gasteiger partial charge < -0.3 is 0 Å². The standard InChI is InChI=1S/C10H10FNO2S/c1-3-6-12-15(13,14)10-5-4-9(11)7-8(10)2/h1,4-5,7,12H,6H2,2H3. The fourth-order valence-corrected chi connectivity index (χ4v) is 2.29. The van der Waals surface area contributed by atoms with E-state index in [0.29, 0.717) is 5.56 Å². The predicted octanol–water partition coefficient (Wildman–Crippen LogP) is 1.05. The Labute approximate surface area is 88.4 Å². The van der Waals surface area contributed by atoms with Gasteiger partial charge in [-0.1, -0.05) is 5.92 Å².